The number of aromatic nitrogens is 2. The van der Waals surface area contributed by atoms with Crippen LogP contribution in [0.2, 0.25) is 0 Å². The van der Waals surface area contributed by atoms with E-state index >= 15 is 0 Å². The van der Waals surface area contributed by atoms with Crippen molar-refractivity contribution in [3.8, 4) is 0 Å². The van der Waals surface area contributed by atoms with E-state index in [1.54, 1.807) is 0 Å². The van der Waals surface area contributed by atoms with Crippen molar-refractivity contribution < 1.29 is 0 Å². The molecular formula is C13H21IN4. The van der Waals surface area contributed by atoms with Crippen molar-refractivity contribution in [3.63, 3.8) is 0 Å². The monoisotopic (exact) mass is 360 g/mol. The molecule has 2 heterocycles. The molecule has 1 N–H and O–H groups in total. The Morgan fingerprint density at radius 3 is 2.89 bits per heavy atom. The van der Waals surface area contributed by atoms with Crippen molar-refractivity contribution in [1.29, 1.82) is 0 Å². The second-order valence-electron chi connectivity index (χ2n) is 4.89. The summed E-state index contributed by atoms with van der Waals surface area (Å²) < 4.78 is 1.07. The Hall–Kier alpha value is -0.430. The van der Waals surface area contributed by atoms with Gasteiger partial charge in [-0.2, -0.15) is 0 Å². The highest BCUT2D eigenvalue weighted by atomic mass is 127. The summed E-state index contributed by atoms with van der Waals surface area (Å²) in [6, 6.07) is 0.758. The number of anilines is 1. The standard InChI is InChI=1S/C13H21IN4/c1-11-5-2-3-7-18(11)8-4-6-15-13-16-9-12(14)10-17-13/h9-11H,2-8H2,1H3,(H,15,16,17). The Morgan fingerprint density at radius 2 is 2.17 bits per heavy atom. The number of hydrogen-bond donors (Lipinski definition) is 1. The molecule has 1 aromatic heterocycles. The maximum absolute atomic E-state index is 4.23. The quantitative estimate of drug-likeness (QED) is 0.648. The van der Waals surface area contributed by atoms with Crippen LogP contribution in [0.25, 0.3) is 0 Å². The minimum atomic E-state index is 0.738. The van der Waals surface area contributed by atoms with E-state index in [2.05, 4.69) is 49.7 Å². The van der Waals surface area contributed by atoms with Crippen LogP contribution >= 0.6 is 22.6 Å². The van der Waals surface area contributed by atoms with Gasteiger partial charge in [0.15, 0.2) is 0 Å². The molecule has 0 aromatic carbocycles. The molecule has 5 heteroatoms. The predicted molar refractivity (Wildman–Crippen MR) is 82.7 cm³/mol. The lowest BCUT2D eigenvalue weighted by atomic mass is 10.0. The van der Waals surface area contributed by atoms with Crippen LogP contribution in [0.5, 0.6) is 0 Å². The van der Waals surface area contributed by atoms with Crippen molar-refractivity contribution in [2.75, 3.05) is 25.0 Å². The molecule has 1 aliphatic rings. The zero-order chi connectivity index (χ0) is 12.8. The molecule has 1 atom stereocenters. The topological polar surface area (TPSA) is 41.0 Å². The van der Waals surface area contributed by atoms with Crippen molar-refractivity contribution in [3.05, 3.63) is 16.0 Å². The molecule has 2 rings (SSSR count). The summed E-state index contributed by atoms with van der Waals surface area (Å²) in [6.07, 6.45) is 8.93. The van der Waals surface area contributed by atoms with E-state index in [-0.39, 0.29) is 0 Å². The molecule has 4 nitrogen and oxygen atoms in total. The number of rotatable bonds is 5. The van der Waals surface area contributed by atoms with Gasteiger partial charge in [-0.3, -0.25) is 0 Å². The summed E-state index contributed by atoms with van der Waals surface area (Å²) >= 11 is 2.21. The molecular weight excluding hydrogens is 339 g/mol. The highest BCUT2D eigenvalue weighted by Gasteiger charge is 2.16. The fourth-order valence-corrected chi connectivity index (χ4v) is 2.65. The van der Waals surface area contributed by atoms with Gasteiger partial charge in [0.1, 0.15) is 0 Å². The second kappa shape index (κ2) is 7.23. The van der Waals surface area contributed by atoms with Gasteiger partial charge in [0.05, 0.1) is 0 Å². The zero-order valence-electron chi connectivity index (χ0n) is 10.9. The Bertz CT molecular complexity index is 355. The summed E-state index contributed by atoms with van der Waals surface area (Å²) in [7, 11) is 0. The highest BCUT2D eigenvalue weighted by molar-refractivity contribution is 14.1. The molecule has 0 spiro atoms. The normalized spacial score (nSPS) is 20.9. The van der Waals surface area contributed by atoms with Gasteiger partial charge in [0.25, 0.3) is 0 Å². The number of likely N-dealkylation sites (tertiary alicyclic amines) is 1. The van der Waals surface area contributed by atoms with Crippen molar-refractivity contribution in [2.45, 2.75) is 38.6 Å². The van der Waals surface area contributed by atoms with Gasteiger partial charge in [-0.25, -0.2) is 9.97 Å². The van der Waals surface area contributed by atoms with Crippen molar-refractivity contribution in [2.24, 2.45) is 0 Å². The number of halogens is 1. The van der Waals surface area contributed by atoms with Crippen molar-refractivity contribution in [1.82, 2.24) is 14.9 Å². The average molecular weight is 360 g/mol. The summed E-state index contributed by atoms with van der Waals surface area (Å²) in [4.78, 5) is 11.1. The Balaban J connectivity index is 1.65. The molecule has 100 valence electrons. The summed E-state index contributed by atoms with van der Waals surface area (Å²) in [5.74, 6) is 0.738. The molecule has 0 bridgehead atoms. The first-order valence-corrected chi connectivity index (χ1v) is 7.79. The van der Waals surface area contributed by atoms with Gasteiger partial charge in [-0.15, -0.1) is 0 Å². The first-order chi connectivity index (χ1) is 8.75. The van der Waals surface area contributed by atoms with E-state index in [0.29, 0.717) is 0 Å². The molecule has 0 amide bonds. The molecule has 0 radical (unpaired) electrons. The molecule has 1 saturated heterocycles. The maximum atomic E-state index is 4.23. The minimum Gasteiger partial charge on any atom is -0.354 e. The molecule has 1 aliphatic heterocycles. The molecule has 1 aromatic rings. The van der Waals surface area contributed by atoms with Crippen LogP contribution in [-0.4, -0.2) is 40.5 Å². The van der Waals surface area contributed by atoms with Crippen molar-refractivity contribution >= 4 is 28.5 Å². The van der Waals surface area contributed by atoms with E-state index in [4.69, 9.17) is 0 Å². The van der Waals surface area contributed by atoms with Crippen LogP contribution < -0.4 is 5.32 Å². The number of nitrogens with one attached hydrogen (secondary N) is 1. The SMILES string of the molecule is CC1CCCCN1CCCNc1ncc(I)cn1. The minimum absolute atomic E-state index is 0.738. The van der Waals surface area contributed by atoms with Crippen LogP contribution in [0.3, 0.4) is 0 Å². The van der Waals surface area contributed by atoms with E-state index in [0.717, 1.165) is 28.5 Å². The third kappa shape index (κ3) is 4.35. The molecule has 0 aliphatic carbocycles. The van der Waals surface area contributed by atoms with Gasteiger partial charge < -0.3 is 10.2 Å². The second-order valence-corrected chi connectivity index (χ2v) is 6.13. The lowest BCUT2D eigenvalue weighted by Crippen LogP contribution is -2.38. The molecule has 0 saturated carbocycles. The van der Waals surface area contributed by atoms with Crippen LogP contribution in [0.1, 0.15) is 32.6 Å². The number of hydrogen-bond acceptors (Lipinski definition) is 4. The lowest BCUT2D eigenvalue weighted by molar-refractivity contribution is 0.160. The first kappa shape index (κ1) is 14.0. The lowest BCUT2D eigenvalue weighted by Gasteiger charge is -2.33. The van der Waals surface area contributed by atoms with E-state index in [1.165, 1.54) is 32.4 Å². The molecule has 1 unspecified atom stereocenters. The Labute approximate surface area is 123 Å². The van der Waals surface area contributed by atoms with Crippen LogP contribution in [0, 0.1) is 3.57 Å². The summed E-state index contributed by atoms with van der Waals surface area (Å²) in [5.41, 5.74) is 0. The van der Waals surface area contributed by atoms with Gasteiger partial charge in [0, 0.05) is 35.1 Å². The van der Waals surface area contributed by atoms with E-state index < -0.39 is 0 Å². The highest BCUT2D eigenvalue weighted by Crippen LogP contribution is 2.16. The van der Waals surface area contributed by atoms with Gasteiger partial charge in [-0.1, -0.05) is 6.42 Å². The fourth-order valence-electron chi connectivity index (χ4n) is 2.38. The zero-order valence-corrected chi connectivity index (χ0v) is 13.1. The Kier molecular flexibility index (Phi) is 5.62. The van der Waals surface area contributed by atoms with E-state index in [1.807, 2.05) is 12.4 Å². The molecule has 1 fully saturated rings. The van der Waals surface area contributed by atoms with Gasteiger partial charge >= 0.3 is 0 Å². The predicted octanol–water partition coefficient (Wildman–Crippen LogP) is 2.76. The number of nitrogens with zero attached hydrogens (tertiary/aromatic N) is 3. The fraction of sp³-hybridized carbons (Fsp3) is 0.692. The summed E-state index contributed by atoms with van der Waals surface area (Å²) in [6.45, 7) is 5.73. The van der Waals surface area contributed by atoms with E-state index in [9.17, 15) is 0 Å². The maximum Gasteiger partial charge on any atom is 0.222 e. The van der Waals surface area contributed by atoms with Crippen LogP contribution in [-0.2, 0) is 0 Å². The number of piperidine rings is 1. The first-order valence-electron chi connectivity index (χ1n) is 6.71. The largest absolute Gasteiger partial charge is 0.354 e. The van der Waals surface area contributed by atoms with Gasteiger partial charge in [-0.05, 0) is 55.3 Å². The summed E-state index contributed by atoms with van der Waals surface area (Å²) in [5, 5.41) is 3.27. The third-order valence-corrected chi connectivity index (χ3v) is 4.02. The smallest absolute Gasteiger partial charge is 0.222 e. The van der Waals surface area contributed by atoms with Crippen LogP contribution in [0.15, 0.2) is 12.4 Å². The van der Waals surface area contributed by atoms with Crippen LogP contribution in [0.4, 0.5) is 5.95 Å². The van der Waals surface area contributed by atoms with Gasteiger partial charge in [0.2, 0.25) is 5.95 Å². The average Bonchev–Trinajstić information content (AvgIpc) is 2.39. The molecule has 18 heavy (non-hydrogen) atoms. The Morgan fingerprint density at radius 1 is 1.39 bits per heavy atom. The third-order valence-electron chi connectivity index (χ3n) is 3.47.